The lowest BCUT2D eigenvalue weighted by Crippen LogP contribution is -2.16. The summed E-state index contributed by atoms with van der Waals surface area (Å²) in [6, 6.07) is 145. The molecule has 0 saturated carbocycles. The molecule has 0 saturated heterocycles. The van der Waals surface area contributed by atoms with Crippen LogP contribution in [0.15, 0.2) is 399 Å². The van der Waals surface area contributed by atoms with Gasteiger partial charge in [-0.3, -0.25) is 0 Å². The minimum Gasteiger partial charge on any atom is -0.455 e. The Labute approximate surface area is 653 Å². The largest absolute Gasteiger partial charge is 0.455 e. The second-order valence-electron chi connectivity index (χ2n) is 31.1. The zero-order valence-corrected chi connectivity index (χ0v) is 62.8. The Morgan fingerprint density at radius 1 is 0.214 bits per heavy atom. The first-order valence-electron chi connectivity index (χ1n) is 38.9. The van der Waals surface area contributed by atoms with E-state index in [1.165, 1.54) is 77.5 Å². The number of nitrogens with zero attached hydrogens (tertiary/aromatic N) is 3. The fourth-order valence-corrected chi connectivity index (χ4v) is 18.4. The highest BCUT2D eigenvalue weighted by Gasteiger charge is 2.38. The van der Waals surface area contributed by atoms with Gasteiger partial charge in [0.05, 0.1) is 11.0 Å². The van der Waals surface area contributed by atoms with Crippen molar-refractivity contribution in [2.45, 2.75) is 38.5 Å². The molecule has 21 rings (SSSR count). The van der Waals surface area contributed by atoms with Crippen molar-refractivity contribution < 1.29 is 4.42 Å². The van der Waals surface area contributed by atoms with Crippen molar-refractivity contribution in [1.82, 2.24) is 4.57 Å². The molecule has 530 valence electrons. The van der Waals surface area contributed by atoms with Crippen molar-refractivity contribution in [2.24, 2.45) is 0 Å². The number of hydrogen-bond acceptors (Lipinski definition) is 3. The first kappa shape index (κ1) is 66.2. The summed E-state index contributed by atoms with van der Waals surface area (Å²) >= 11 is 0. The zero-order valence-electron chi connectivity index (χ0n) is 62.8. The molecular formula is C108H77N3O. The van der Waals surface area contributed by atoms with E-state index in [4.69, 9.17) is 4.42 Å². The lowest BCUT2D eigenvalue weighted by molar-refractivity contribution is 0.660. The van der Waals surface area contributed by atoms with Crippen LogP contribution in [0.1, 0.15) is 49.9 Å². The fraction of sp³-hybridized carbons (Fsp3) is 0.0556. The number of rotatable bonds is 14. The van der Waals surface area contributed by atoms with Crippen LogP contribution in [0.3, 0.4) is 0 Å². The number of hydrogen-bond donors (Lipinski definition) is 0. The van der Waals surface area contributed by atoms with Crippen LogP contribution in [0, 0.1) is 0 Å². The first-order chi connectivity index (χ1) is 55.0. The van der Waals surface area contributed by atoms with E-state index in [0.29, 0.717) is 0 Å². The van der Waals surface area contributed by atoms with Crippen LogP contribution in [0.5, 0.6) is 0 Å². The topological polar surface area (TPSA) is 24.6 Å². The highest BCUT2D eigenvalue weighted by atomic mass is 16.3. The Hall–Kier alpha value is -14.1. The Balaban J connectivity index is 0.599. The van der Waals surface area contributed by atoms with Crippen LogP contribution >= 0.6 is 0 Å². The summed E-state index contributed by atoms with van der Waals surface area (Å²) in [5.41, 5.74) is 38.1. The molecule has 4 heteroatoms. The molecule has 0 amide bonds. The molecule has 2 aromatic heterocycles. The van der Waals surface area contributed by atoms with Gasteiger partial charge < -0.3 is 18.8 Å². The van der Waals surface area contributed by atoms with Crippen LogP contribution in [-0.2, 0) is 10.8 Å². The Morgan fingerprint density at radius 2 is 0.580 bits per heavy atom. The molecule has 112 heavy (non-hydrogen) atoms. The van der Waals surface area contributed by atoms with E-state index >= 15 is 0 Å². The molecule has 0 unspecified atom stereocenters. The zero-order chi connectivity index (χ0) is 74.8. The smallest absolute Gasteiger partial charge is 0.143 e. The minimum atomic E-state index is -0.180. The number of fused-ring (bicyclic) bond motifs is 12. The molecule has 2 aliphatic carbocycles. The lowest BCUT2D eigenvalue weighted by Gasteiger charge is -2.29. The molecule has 2 heterocycles. The maximum Gasteiger partial charge on any atom is 0.143 e. The van der Waals surface area contributed by atoms with Gasteiger partial charge in [-0.25, -0.2) is 0 Å². The average Bonchev–Trinajstić information content (AvgIpc) is 1.57. The van der Waals surface area contributed by atoms with E-state index in [9.17, 15) is 0 Å². The summed E-state index contributed by atoms with van der Waals surface area (Å²) in [5, 5.41) is 4.65. The molecule has 0 bridgehead atoms. The van der Waals surface area contributed by atoms with Gasteiger partial charge in [0.1, 0.15) is 11.2 Å². The average molecular weight is 1430 g/mol. The van der Waals surface area contributed by atoms with Gasteiger partial charge in [0.25, 0.3) is 0 Å². The predicted molar refractivity (Wildman–Crippen MR) is 471 cm³/mol. The van der Waals surface area contributed by atoms with E-state index < -0.39 is 0 Å². The summed E-state index contributed by atoms with van der Waals surface area (Å²) in [4.78, 5) is 4.88. The Kier molecular flexibility index (Phi) is 15.6. The molecule has 17 aromatic carbocycles. The summed E-state index contributed by atoms with van der Waals surface area (Å²) in [6.45, 7) is 9.45. The van der Waals surface area contributed by atoms with Gasteiger partial charge in [-0.2, -0.15) is 0 Å². The van der Waals surface area contributed by atoms with Crippen LogP contribution in [0.2, 0.25) is 0 Å². The molecule has 0 fully saturated rings. The third-order valence-corrected chi connectivity index (χ3v) is 24.1. The number of anilines is 6. The SMILES string of the molecule is CC1(C)c2ccccc2-c2ccc(N(c3ccc(-c4ccccc4)cc3)c3ccc(-c4ccc5c(c4)c4ccccc4n5-c4ccc(-c5ccc(-c6ccc(N(c7ccc(-c8cccc9c8oc8ccccc89)c(-c8ccccc8)c7)c7ccc8c(c7)C(C)(C)c7ccccc7-8)cc6)cc5)cc4)c(-c4ccccc4)c3)cc21. The van der Waals surface area contributed by atoms with Crippen LogP contribution < -0.4 is 9.80 Å². The van der Waals surface area contributed by atoms with E-state index in [1.807, 2.05) is 6.07 Å². The van der Waals surface area contributed by atoms with E-state index in [-0.39, 0.29) is 10.8 Å². The second kappa shape index (κ2) is 26.4. The van der Waals surface area contributed by atoms with Gasteiger partial charge >= 0.3 is 0 Å². The maximum atomic E-state index is 6.70. The van der Waals surface area contributed by atoms with Crippen molar-refractivity contribution in [1.29, 1.82) is 0 Å². The summed E-state index contributed by atoms with van der Waals surface area (Å²) in [5.74, 6) is 0. The lowest BCUT2D eigenvalue weighted by atomic mass is 9.82. The number of aromatic nitrogens is 1. The third-order valence-electron chi connectivity index (χ3n) is 24.1. The second-order valence-corrected chi connectivity index (χ2v) is 31.1. The molecule has 2 aliphatic rings. The van der Waals surface area contributed by atoms with Crippen molar-refractivity contribution in [2.75, 3.05) is 9.80 Å². The van der Waals surface area contributed by atoms with Gasteiger partial charge in [-0.05, 0) is 226 Å². The fourth-order valence-electron chi connectivity index (χ4n) is 18.4. The quantitative estimate of drug-likeness (QED) is 0.108. The maximum absolute atomic E-state index is 6.70. The van der Waals surface area contributed by atoms with Crippen LogP contribution in [-0.4, -0.2) is 4.57 Å². The molecule has 0 atom stereocenters. The number of para-hydroxylation sites is 3. The molecule has 0 radical (unpaired) electrons. The summed E-state index contributed by atoms with van der Waals surface area (Å²) in [6.07, 6.45) is 0. The van der Waals surface area contributed by atoms with Crippen LogP contribution in [0.25, 0.3) is 150 Å². The van der Waals surface area contributed by atoms with Gasteiger partial charge in [0, 0.05) is 77.8 Å². The van der Waals surface area contributed by atoms with E-state index in [1.54, 1.807) is 0 Å². The standard InChI is InChI=1S/C108H77N3O/c1-107(2)99-35-18-14-29-88(99)90-62-58-84(68-101(90)107)109(79-50-43-73(44-51-79)70-23-8-5-9-24-70)82-56-60-86(96(66-82)76-25-10-6-11-26-76)78-49-64-104-98(65-78)92-31-16-20-37-103(92)111(104)81-54-47-75(48-55-81)72-41-39-71(40-42-72)74-45-52-80(53-46-74)110(85-59-63-91-89-30-15-19-36-100(89)108(3,4)102(91)69-85)83-57-61-87(97(67-83)77-27-12-7-13-28-77)94-33-22-34-95-93-32-17-21-38-105(93)112-106(94)95/h5-69H,1-4H3. The Morgan fingerprint density at radius 3 is 1.12 bits per heavy atom. The molecule has 19 aromatic rings. The van der Waals surface area contributed by atoms with Crippen molar-refractivity contribution in [3.8, 4) is 106 Å². The van der Waals surface area contributed by atoms with Gasteiger partial charge in [0.15, 0.2) is 0 Å². The normalized spacial score (nSPS) is 13.0. The van der Waals surface area contributed by atoms with Gasteiger partial charge in [-0.15, -0.1) is 0 Å². The summed E-state index contributed by atoms with van der Waals surface area (Å²) < 4.78 is 9.13. The van der Waals surface area contributed by atoms with Gasteiger partial charge in [0.2, 0.25) is 0 Å². The Bertz CT molecular complexity index is 6890. The van der Waals surface area contributed by atoms with Crippen molar-refractivity contribution in [3.05, 3.63) is 417 Å². The van der Waals surface area contributed by atoms with E-state index in [2.05, 4.69) is 430 Å². The molecule has 0 N–H and O–H groups in total. The molecular weight excluding hydrogens is 1360 g/mol. The monoisotopic (exact) mass is 1430 g/mol. The number of furan rings is 1. The highest BCUT2D eigenvalue weighted by molar-refractivity contribution is 6.12. The summed E-state index contributed by atoms with van der Waals surface area (Å²) in [7, 11) is 0. The number of benzene rings is 17. The highest BCUT2D eigenvalue weighted by Crippen LogP contribution is 2.54. The molecule has 4 nitrogen and oxygen atoms in total. The first-order valence-corrected chi connectivity index (χ1v) is 38.9. The van der Waals surface area contributed by atoms with Crippen molar-refractivity contribution >= 4 is 77.9 Å². The van der Waals surface area contributed by atoms with Crippen LogP contribution in [0.4, 0.5) is 34.1 Å². The predicted octanol–water partition coefficient (Wildman–Crippen LogP) is 29.9. The molecule has 0 spiro atoms. The minimum absolute atomic E-state index is 0.159. The molecule has 0 aliphatic heterocycles. The van der Waals surface area contributed by atoms with Gasteiger partial charge in [-0.1, -0.05) is 313 Å². The van der Waals surface area contributed by atoms with E-state index in [0.717, 1.165) is 128 Å². The van der Waals surface area contributed by atoms with Crippen molar-refractivity contribution in [3.63, 3.8) is 0 Å². The third kappa shape index (κ3) is 11.0.